The van der Waals surface area contributed by atoms with Gasteiger partial charge in [0.25, 0.3) is 0 Å². The quantitative estimate of drug-likeness (QED) is 0.529. The number of nitrogens with zero attached hydrogens (tertiary/aromatic N) is 1. The highest BCUT2D eigenvalue weighted by Crippen LogP contribution is 2.11. The average Bonchev–Trinajstić information content (AvgIpc) is 2.43. The maximum Gasteiger partial charge on any atom is 0.0971 e. The van der Waals surface area contributed by atoms with Crippen molar-refractivity contribution in [3.8, 4) is 6.07 Å². The van der Waals surface area contributed by atoms with Crippen LogP contribution >= 0.6 is 0 Å². The molecule has 3 nitrogen and oxygen atoms in total. The van der Waals surface area contributed by atoms with E-state index in [0.717, 1.165) is 30.6 Å². The molecule has 0 aliphatic carbocycles. The van der Waals surface area contributed by atoms with Crippen molar-refractivity contribution >= 4 is 6.08 Å². The van der Waals surface area contributed by atoms with Gasteiger partial charge in [-0.05, 0) is 29.7 Å². The number of hydrogen-bond acceptors (Lipinski definition) is 3. The first-order valence-electron chi connectivity index (χ1n) is 6.56. The van der Waals surface area contributed by atoms with Gasteiger partial charge in [-0.2, -0.15) is 5.26 Å². The Labute approximate surface area is 115 Å². The molecule has 0 fully saturated rings. The number of nitriles is 1. The van der Waals surface area contributed by atoms with E-state index >= 15 is 0 Å². The molecule has 0 N–H and O–H groups in total. The first-order valence-corrected chi connectivity index (χ1v) is 6.56. The monoisotopic (exact) mass is 259 g/mol. The zero-order valence-corrected chi connectivity index (χ0v) is 11.7. The van der Waals surface area contributed by atoms with Gasteiger partial charge < -0.3 is 9.47 Å². The molecule has 102 valence electrons. The van der Waals surface area contributed by atoms with Crippen LogP contribution in [0.5, 0.6) is 0 Å². The summed E-state index contributed by atoms with van der Waals surface area (Å²) in [5.41, 5.74) is 2.75. The zero-order valence-electron chi connectivity index (χ0n) is 11.7. The van der Waals surface area contributed by atoms with Crippen LogP contribution in [-0.2, 0) is 16.1 Å². The summed E-state index contributed by atoms with van der Waals surface area (Å²) in [6.45, 7) is 3.90. The normalized spacial score (nSPS) is 11.3. The molecule has 0 unspecified atom stereocenters. The van der Waals surface area contributed by atoms with E-state index in [1.807, 2.05) is 30.3 Å². The van der Waals surface area contributed by atoms with Gasteiger partial charge in [-0.3, -0.25) is 0 Å². The van der Waals surface area contributed by atoms with E-state index < -0.39 is 0 Å². The summed E-state index contributed by atoms with van der Waals surface area (Å²) < 4.78 is 10.6. The Morgan fingerprint density at radius 3 is 2.95 bits per heavy atom. The second kappa shape index (κ2) is 9.32. The highest BCUT2D eigenvalue weighted by molar-refractivity contribution is 5.57. The van der Waals surface area contributed by atoms with Crippen LogP contribution in [-0.4, -0.2) is 20.3 Å². The van der Waals surface area contributed by atoms with Crippen LogP contribution in [0.2, 0.25) is 0 Å². The summed E-state index contributed by atoms with van der Waals surface area (Å²) in [5.74, 6) is 0. The molecule has 0 aromatic heterocycles. The minimum atomic E-state index is 0.341. The zero-order chi connectivity index (χ0) is 13.9. The fraction of sp³-hybridized carbons (Fsp3) is 0.438. The van der Waals surface area contributed by atoms with E-state index in [4.69, 9.17) is 14.7 Å². The number of hydrogen-bond donors (Lipinski definition) is 0. The summed E-state index contributed by atoms with van der Waals surface area (Å²) in [6, 6.07) is 10.2. The Hall–Kier alpha value is -1.63. The van der Waals surface area contributed by atoms with Gasteiger partial charge in [0, 0.05) is 13.7 Å². The van der Waals surface area contributed by atoms with Crippen LogP contribution in [0.15, 0.2) is 29.8 Å². The number of ether oxygens (including phenoxy) is 2. The van der Waals surface area contributed by atoms with E-state index in [9.17, 15) is 0 Å². The highest BCUT2D eigenvalue weighted by Gasteiger charge is 1.98. The summed E-state index contributed by atoms with van der Waals surface area (Å²) in [6.07, 6.45) is 4.08. The van der Waals surface area contributed by atoms with Gasteiger partial charge in [0.05, 0.1) is 24.9 Å². The van der Waals surface area contributed by atoms with Crippen molar-refractivity contribution in [2.45, 2.75) is 26.4 Å². The van der Waals surface area contributed by atoms with E-state index in [1.165, 1.54) is 0 Å². The second-order valence-corrected chi connectivity index (χ2v) is 4.37. The van der Waals surface area contributed by atoms with Gasteiger partial charge in [0.15, 0.2) is 0 Å². The average molecular weight is 259 g/mol. The minimum absolute atomic E-state index is 0.341. The van der Waals surface area contributed by atoms with E-state index in [2.05, 4.69) is 13.0 Å². The maximum absolute atomic E-state index is 8.97. The lowest BCUT2D eigenvalue weighted by Gasteiger charge is -2.05. The highest BCUT2D eigenvalue weighted by atomic mass is 16.5. The summed E-state index contributed by atoms with van der Waals surface area (Å²) in [5, 5.41) is 8.97. The largest absolute Gasteiger partial charge is 0.379 e. The van der Waals surface area contributed by atoms with Crippen LogP contribution in [0.1, 0.15) is 30.9 Å². The maximum atomic E-state index is 8.97. The molecule has 0 saturated heterocycles. The predicted molar refractivity (Wildman–Crippen MR) is 76.5 cm³/mol. The van der Waals surface area contributed by atoms with Crippen molar-refractivity contribution in [2.75, 3.05) is 20.3 Å². The van der Waals surface area contributed by atoms with Gasteiger partial charge in [0.2, 0.25) is 0 Å². The molecule has 0 spiro atoms. The number of methoxy groups -OCH3 is 1. The van der Waals surface area contributed by atoms with Gasteiger partial charge in [-0.1, -0.05) is 31.5 Å². The summed E-state index contributed by atoms with van der Waals surface area (Å²) in [7, 11) is 1.59. The van der Waals surface area contributed by atoms with Gasteiger partial charge in [0.1, 0.15) is 0 Å². The van der Waals surface area contributed by atoms with Crippen molar-refractivity contribution in [3.63, 3.8) is 0 Å². The Morgan fingerprint density at radius 2 is 2.26 bits per heavy atom. The van der Waals surface area contributed by atoms with Crippen LogP contribution in [0.3, 0.4) is 0 Å². The second-order valence-electron chi connectivity index (χ2n) is 4.37. The Bertz CT molecular complexity index is 446. The van der Waals surface area contributed by atoms with Crippen molar-refractivity contribution in [1.29, 1.82) is 5.26 Å². The fourth-order valence-electron chi connectivity index (χ4n) is 1.67. The smallest absolute Gasteiger partial charge is 0.0971 e. The predicted octanol–water partition coefficient (Wildman–Crippen LogP) is 3.56. The molecule has 0 heterocycles. The lowest BCUT2D eigenvalue weighted by Crippen LogP contribution is -1.95. The molecule has 0 amide bonds. The first kappa shape index (κ1) is 15.4. The molecule has 0 saturated carbocycles. The minimum Gasteiger partial charge on any atom is -0.379 e. The van der Waals surface area contributed by atoms with E-state index in [-0.39, 0.29) is 0 Å². The van der Waals surface area contributed by atoms with Gasteiger partial charge in [-0.15, -0.1) is 0 Å². The lowest BCUT2D eigenvalue weighted by molar-refractivity contribution is 0.118. The molecule has 0 bridgehead atoms. The molecule has 0 aliphatic rings. The van der Waals surface area contributed by atoms with Crippen LogP contribution in [0.25, 0.3) is 6.08 Å². The van der Waals surface area contributed by atoms with Gasteiger partial charge >= 0.3 is 0 Å². The molecule has 0 radical (unpaired) electrons. The Kier molecular flexibility index (Phi) is 7.57. The fourth-order valence-corrected chi connectivity index (χ4v) is 1.67. The van der Waals surface area contributed by atoms with Crippen LogP contribution in [0, 0.1) is 11.3 Å². The number of benzene rings is 1. The lowest BCUT2D eigenvalue weighted by atomic mass is 10.1. The molecule has 1 rings (SSSR count). The third-order valence-electron chi connectivity index (χ3n) is 2.65. The van der Waals surface area contributed by atoms with Gasteiger partial charge in [-0.25, -0.2) is 0 Å². The molecule has 0 aliphatic heterocycles. The summed E-state index contributed by atoms with van der Waals surface area (Å²) in [4.78, 5) is 0. The van der Waals surface area contributed by atoms with E-state index in [0.29, 0.717) is 18.8 Å². The number of unbranched alkanes of at least 4 members (excludes halogenated alkanes) is 1. The molecular formula is C16H21NO2. The molecule has 1 aromatic rings. The summed E-state index contributed by atoms with van der Waals surface area (Å²) >= 11 is 0. The van der Waals surface area contributed by atoms with Crippen LogP contribution in [0.4, 0.5) is 0 Å². The molecule has 0 atom stereocenters. The Morgan fingerprint density at radius 1 is 1.42 bits per heavy atom. The molecule has 3 heteroatoms. The van der Waals surface area contributed by atoms with E-state index in [1.54, 1.807) is 7.11 Å². The standard InChI is InChI=1S/C16H21NO2/c1-3-4-8-19-13-15-7-5-6-14(9-15)10-16(11-17)12-18-2/h5-7,9-10H,3-4,8,12-13H2,1-2H3/b16-10+. The van der Waals surface area contributed by atoms with Crippen molar-refractivity contribution in [3.05, 3.63) is 41.0 Å². The molecule has 1 aromatic carbocycles. The first-order chi connectivity index (χ1) is 9.30. The third kappa shape index (κ3) is 6.19. The molecular weight excluding hydrogens is 238 g/mol. The topological polar surface area (TPSA) is 42.2 Å². The third-order valence-corrected chi connectivity index (χ3v) is 2.65. The Balaban J connectivity index is 2.63. The molecule has 19 heavy (non-hydrogen) atoms. The SMILES string of the molecule is CCCCOCc1cccc(/C=C(\C#N)COC)c1. The van der Waals surface area contributed by atoms with Crippen molar-refractivity contribution in [1.82, 2.24) is 0 Å². The van der Waals surface area contributed by atoms with Crippen LogP contribution < -0.4 is 0 Å². The van der Waals surface area contributed by atoms with Crippen molar-refractivity contribution < 1.29 is 9.47 Å². The number of rotatable bonds is 8. The van der Waals surface area contributed by atoms with Crippen molar-refractivity contribution in [2.24, 2.45) is 0 Å².